The summed E-state index contributed by atoms with van der Waals surface area (Å²) in [6.45, 7) is 6.45. The van der Waals surface area contributed by atoms with Crippen LogP contribution in [0.4, 0.5) is 4.39 Å². The van der Waals surface area contributed by atoms with E-state index in [2.05, 4.69) is 36.2 Å². The first-order valence-electron chi connectivity index (χ1n) is 13.2. The van der Waals surface area contributed by atoms with Crippen LogP contribution < -0.4 is 9.47 Å². The van der Waals surface area contributed by atoms with E-state index in [1.165, 1.54) is 0 Å². The fourth-order valence-corrected chi connectivity index (χ4v) is 6.09. The second kappa shape index (κ2) is 9.80. The predicted molar refractivity (Wildman–Crippen MR) is 146 cm³/mol. The monoisotopic (exact) mass is 524 g/mol. The number of nitrogens with zero attached hydrogens (tertiary/aromatic N) is 2. The molecule has 2 heterocycles. The summed E-state index contributed by atoms with van der Waals surface area (Å²) in [5.41, 5.74) is 9.81. The molecule has 4 aromatic rings. The van der Waals surface area contributed by atoms with Gasteiger partial charge < -0.3 is 14.6 Å². The highest BCUT2D eigenvalue weighted by atomic mass is 19.1. The summed E-state index contributed by atoms with van der Waals surface area (Å²) in [4.78, 5) is 11.2. The average molecular weight is 525 g/mol. The zero-order valence-electron chi connectivity index (χ0n) is 22.1. The molecule has 0 radical (unpaired) electrons. The molecule has 0 bridgehead atoms. The van der Waals surface area contributed by atoms with Crippen LogP contribution in [0.15, 0.2) is 54.7 Å². The van der Waals surface area contributed by atoms with Crippen molar-refractivity contribution in [2.24, 2.45) is 0 Å². The molecular weight excluding hydrogens is 495 g/mol. The molecule has 1 N–H and O–H groups in total. The van der Waals surface area contributed by atoms with Gasteiger partial charge in [0.1, 0.15) is 23.4 Å². The Balaban J connectivity index is 1.31. The smallest absolute Gasteiger partial charge is 0.304 e. The maximum absolute atomic E-state index is 15.3. The molecule has 1 aliphatic carbocycles. The number of carboxylic acid groups (broad SMARTS) is 1. The molecule has 0 saturated carbocycles. The number of aliphatic carboxylic acids is 1. The normalized spacial score (nSPS) is 17.4. The van der Waals surface area contributed by atoms with Crippen molar-refractivity contribution in [2.45, 2.75) is 52.1 Å². The molecule has 198 valence electrons. The first-order chi connectivity index (χ1) is 18.8. The molecule has 0 amide bonds. The van der Waals surface area contributed by atoms with Crippen LogP contribution in [0.5, 0.6) is 11.5 Å². The van der Waals surface area contributed by atoms with Crippen molar-refractivity contribution in [3.63, 3.8) is 0 Å². The SMILES string of the molecule is Cc1cc(-c2cc(C)c(-c3ccc(F)c4c3CC[C@H]4Oc3ccc4c(c3)OCC4CC(=O)O)c(C)c2)cnn1. The van der Waals surface area contributed by atoms with Crippen LogP contribution in [-0.2, 0) is 11.2 Å². The third-order valence-corrected chi connectivity index (χ3v) is 7.76. The number of carbonyl (C=O) groups is 1. The van der Waals surface area contributed by atoms with E-state index in [-0.39, 0.29) is 18.2 Å². The van der Waals surface area contributed by atoms with Crippen LogP contribution in [0.25, 0.3) is 22.3 Å². The number of halogens is 1. The second-order valence-electron chi connectivity index (χ2n) is 10.5. The average Bonchev–Trinajstić information content (AvgIpc) is 3.49. The standard InChI is InChI=1S/C32H29FN2O4/c1-17-10-20(21-12-19(3)35-34-15-21)11-18(2)31(17)25-6-8-27(33)32-26(25)7-9-28(32)39-23-4-5-24-22(13-30(36)37)16-38-29(24)14-23/h4-6,8,10-12,14-15,22,28H,7,9,13,16H2,1-3H3,(H,36,37)/t22?,28-/m1/s1. The van der Waals surface area contributed by atoms with E-state index in [1.807, 2.05) is 31.2 Å². The lowest BCUT2D eigenvalue weighted by Crippen LogP contribution is -2.07. The van der Waals surface area contributed by atoms with Crippen molar-refractivity contribution >= 4 is 5.97 Å². The number of hydrogen-bond acceptors (Lipinski definition) is 5. The third-order valence-electron chi connectivity index (χ3n) is 7.76. The van der Waals surface area contributed by atoms with Crippen molar-refractivity contribution in [3.8, 4) is 33.8 Å². The maximum atomic E-state index is 15.3. The second-order valence-corrected chi connectivity index (χ2v) is 10.5. The van der Waals surface area contributed by atoms with Crippen LogP contribution in [0.1, 0.15) is 58.4 Å². The van der Waals surface area contributed by atoms with Crippen LogP contribution >= 0.6 is 0 Å². The Bertz CT molecular complexity index is 1590. The van der Waals surface area contributed by atoms with Crippen LogP contribution in [-0.4, -0.2) is 27.9 Å². The van der Waals surface area contributed by atoms with Crippen molar-refractivity contribution in [1.29, 1.82) is 0 Å². The van der Waals surface area contributed by atoms with Gasteiger partial charge in [0, 0.05) is 28.7 Å². The molecule has 1 aliphatic heterocycles. The van der Waals surface area contributed by atoms with Gasteiger partial charge in [0.05, 0.1) is 24.9 Å². The number of fused-ring (bicyclic) bond motifs is 2. The van der Waals surface area contributed by atoms with E-state index in [1.54, 1.807) is 18.3 Å². The minimum absolute atomic E-state index is 0.0239. The number of ether oxygens (including phenoxy) is 2. The first kappa shape index (κ1) is 25.0. The van der Waals surface area contributed by atoms with Crippen molar-refractivity contribution in [3.05, 3.63) is 94.1 Å². The zero-order valence-corrected chi connectivity index (χ0v) is 22.1. The first-order valence-corrected chi connectivity index (χ1v) is 13.2. The molecule has 6 nitrogen and oxygen atoms in total. The molecule has 7 heteroatoms. The Kier molecular flexibility index (Phi) is 6.29. The number of benzene rings is 3. The summed E-state index contributed by atoms with van der Waals surface area (Å²) < 4.78 is 27.3. The molecule has 2 atom stereocenters. The number of rotatable bonds is 6. The maximum Gasteiger partial charge on any atom is 0.304 e. The summed E-state index contributed by atoms with van der Waals surface area (Å²) in [5, 5.41) is 17.3. The van der Waals surface area contributed by atoms with Gasteiger partial charge in [-0.1, -0.05) is 24.3 Å². The lowest BCUT2D eigenvalue weighted by Gasteiger charge is -2.19. The van der Waals surface area contributed by atoms with E-state index in [9.17, 15) is 4.79 Å². The van der Waals surface area contributed by atoms with Gasteiger partial charge in [-0.05, 0) is 85.2 Å². The van der Waals surface area contributed by atoms with Gasteiger partial charge in [-0.25, -0.2) is 4.39 Å². The van der Waals surface area contributed by atoms with E-state index >= 15 is 4.39 Å². The molecule has 0 saturated heterocycles. The summed E-state index contributed by atoms with van der Waals surface area (Å²) in [6.07, 6.45) is 2.76. The van der Waals surface area contributed by atoms with Crippen molar-refractivity contribution in [2.75, 3.05) is 6.61 Å². The summed E-state index contributed by atoms with van der Waals surface area (Å²) in [6, 6.07) is 15.2. The van der Waals surface area contributed by atoms with Gasteiger partial charge in [0.15, 0.2) is 0 Å². The molecule has 0 fully saturated rings. The number of carboxylic acids is 1. The van der Waals surface area contributed by atoms with Crippen LogP contribution in [0.2, 0.25) is 0 Å². The van der Waals surface area contributed by atoms with E-state index in [4.69, 9.17) is 14.6 Å². The third kappa shape index (κ3) is 4.62. The Hall–Kier alpha value is -4.26. The van der Waals surface area contributed by atoms with Gasteiger partial charge in [0.25, 0.3) is 0 Å². The molecule has 1 unspecified atom stereocenters. The molecule has 2 aliphatic rings. The minimum atomic E-state index is -0.852. The molecule has 6 rings (SSSR count). The van der Waals surface area contributed by atoms with Crippen LogP contribution in [0, 0.1) is 26.6 Å². The van der Waals surface area contributed by atoms with Gasteiger partial charge in [-0.2, -0.15) is 10.2 Å². The lowest BCUT2D eigenvalue weighted by molar-refractivity contribution is -0.137. The predicted octanol–water partition coefficient (Wildman–Crippen LogP) is 6.89. The lowest BCUT2D eigenvalue weighted by atomic mass is 9.88. The van der Waals surface area contributed by atoms with E-state index in [0.717, 1.165) is 50.2 Å². The zero-order chi connectivity index (χ0) is 27.3. The Morgan fingerprint density at radius 1 is 1.08 bits per heavy atom. The molecule has 3 aromatic carbocycles. The van der Waals surface area contributed by atoms with Crippen molar-refractivity contribution in [1.82, 2.24) is 10.2 Å². The fourth-order valence-electron chi connectivity index (χ4n) is 6.09. The number of aromatic nitrogens is 2. The van der Waals surface area contributed by atoms with Gasteiger partial charge in [-0.3, -0.25) is 4.79 Å². The Morgan fingerprint density at radius 3 is 2.62 bits per heavy atom. The number of hydrogen-bond donors (Lipinski definition) is 1. The quantitative estimate of drug-likeness (QED) is 0.296. The fraction of sp³-hybridized carbons (Fsp3) is 0.281. The summed E-state index contributed by atoms with van der Waals surface area (Å²) >= 11 is 0. The highest BCUT2D eigenvalue weighted by molar-refractivity contribution is 5.79. The van der Waals surface area contributed by atoms with Crippen LogP contribution in [0.3, 0.4) is 0 Å². The Morgan fingerprint density at radius 2 is 1.87 bits per heavy atom. The molecule has 1 aromatic heterocycles. The van der Waals surface area contributed by atoms with Gasteiger partial charge in [0.2, 0.25) is 0 Å². The molecule has 0 spiro atoms. The van der Waals surface area contributed by atoms with Gasteiger partial charge >= 0.3 is 5.97 Å². The Labute approximate surface area is 226 Å². The molecular formula is C32H29FN2O4. The highest BCUT2D eigenvalue weighted by Gasteiger charge is 2.32. The van der Waals surface area contributed by atoms with E-state index < -0.39 is 12.1 Å². The summed E-state index contributed by atoms with van der Waals surface area (Å²) in [7, 11) is 0. The van der Waals surface area contributed by atoms with Crippen molar-refractivity contribution < 1.29 is 23.8 Å². The topological polar surface area (TPSA) is 81.5 Å². The largest absolute Gasteiger partial charge is 0.492 e. The number of aryl methyl sites for hydroxylation is 3. The van der Waals surface area contributed by atoms with Gasteiger partial charge in [-0.15, -0.1) is 0 Å². The summed E-state index contributed by atoms with van der Waals surface area (Å²) in [5.74, 6) is -0.0615. The minimum Gasteiger partial charge on any atom is -0.492 e. The highest BCUT2D eigenvalue weighted by Crippen LogP contribution is 2.45. The van der Waals surface area contributed by atoms with E-state index in [0.29, 0.717) is 36.5 Å². The molecule has 39 heavy (non-hydrogen) atoms.